The Morgan fingerprint density at radius 3 is 3.17 bits per heavy atom. The van der Waals surface area contributed by atoms with Crippen molar-refractivity contribution in [1.82, 2.24) is 5.32 Å². The van der Waals surface area contributed by atoms with Crippen molar-refractivity contribution >= 4 is 0 Å². The number of aryl methyl sites for hydroxylation is 1. The van der Waals surface area contributed by atoms with Crippen molar-refractivity contribution in [3.63, 3.8) is 0 Å². The highest BCUT2D eigenvalue weighted by Crippen LogP contribution is 2.25. The SMILES string of the molecule is Cc1ccc2c(c1)CNCC2F. The van der Waals surface area contributed by atoms with Crippen molar-refractivity contribution in [1.29, 1.82) is 0 Å². The summed E-state index contributed by atoms with van der Waals surface area (Å²) in [7, 11) is 0. The molecule has 1 unspecified atom stereocenters. The molecule has 0 bridgehead atoms. The first-order valence-electron chi connectivity index (χ1n) is 4.21. The Morgan fingerprint density at radius 1 is 1.50 bits per heavy atom. The van der Waals surface area contributed by atoms with E-state index >= 15 is 0 Å². The minimum Gasteiger partial charge on any atom is -0.309 e. The maximum absolute atomic E-state index is 13.2. The zero-order valence-electron chi connectivity index (χ0n) is 7.10. The Labute approximate surface area is 71.6 Å². The van der Waals surface area contributed by atoms with Crippen LogP contribution in [0.5, 0.6) is 0 Å². The summed E-state index contributed by atoms with van der Waals surface area (Å²) in [5.41, 5.74) is 3.16. The second kappa shape index (κ2) is 2.87. The topological polar surface area (TPSA) is 12.0 Å². The van der Waals surface area contributed by atoms with Crippen molar-refractivity contribution in [2.45, 2.75) is 19.6 Å². The lowest BCUT2D eigenvalue weighted by Crippen LogP contribution is -2.25. The van der Waals surface area contributed by atoms with Gasteiger partial charge in [0, 0.05) is 13.1 Å². The zero-order chi connectivity index (χ0) is 8.55. The third kappa shape index (κ3) is 1.23. The summed E-state index contributed by atoms with van der Waals surface area (Å²) < 4.78 is 13.2. The van der Waals surface area contributed by atoms with Crippen LogP contribution in [0.1, 0.15) is 22.9 Å². The zero-order valence-corrected chi connectivity index (χ0v) is 7.10. The molecule has 1 aromatic carbocycles. The molecule has 0 saturated heterocycles. The van der Waals surface area contributed by atoms with Crippen molar-refractivity contribution < 1.29 is 4.39 Å². The molecule has 1 atom stereocenters. The van der Waals surface area contributed by atoms with Crippen LogP contribution in [0.2, 0.25) is 0 Å². The fourth-order valence-electron chi connectivity index (χ4n) is 1.64. The van der Waals surface area contributed by atoms with E-state index in [-0.39, 0.29) is 0 Å². The Kier molecular flexibility index (Phi) is 1.85. The Bertz CT molecular complexity index is 296. The maximum atomic E-state index is 13.2. The molecule has 0 spiro atoms. The molecule has 2 rings (SSSR count). The van der Waals surface area contributed by atoms with Crippen molar-refractivity contribution in [2.75, 3.05) is 6.54 Å². The summed E-state index contributed by atoms with van der Waals surface area (Å²) in [6, 6.07) is 5.92. The summed E-state index contributed by atoms with van der Waals surface area (Å²) in [5.74, 6) is 0. The summed E-state index contributed by atoms with van der Waals surface area (Å²) >= 11 is 0. The van der Waals surface area contributed by atoms with Crippen LogP contribution in [0.25, 0.3) is 0 Å². The molecular weight excluding hydrogens is 153 g/mol. The molecule has 0 aliphatic carbocycles. The van der Waals surface area contributed by atoms with Crippen LogP contribution < -0.4 is 5.32 Å². The molecule has 1 heterocycles. The van der Waals surface area contributed by atoms with E-state index in [1.165, 1.54) is 5.56 Å². The molecule has 0 aromatic heterocycles. The highest BCUT2D eigenvalue weighted by Gasteiger charge is 2.18. The summed E-state index contributed by atoms with van der Waals surface area (Å²) in [6.45, 7) is 3.29. The van der Waals surface area contributed by atoms with E-state index in [0.29, 0.717) is 6.54 Å². The van der Waals surface area contributed by atoms with Crippen molar-refractivity contribution in [3.05, 3.63) is 34.9 Å². The summed E-state index contributed by atoms with van der Waals surface area (Å²) in [6.07, 6.45) is -0.825. The molecule has 1 aliphatic rings. The van der Waals surface area contributed by atoms with Gasteiger partial charge in [-0.05, 0) is 18.1 Å². The average Bonchev–Trinajstić information content (AvgIpc) is 2.04. The van der Waals surface area contributed by atoms with Gasteiger partial charge in [0.2, 0.25) is 0 Å². The van der Waals surface area contributed by atoms with E-state index < -0.39 is 6.17 Å². The van der Waals surface area contributed by atoms with Crippen LogP contribution in [-0.2, 0) is 6.54 Å². The van der Waals surface area contributed by atoms with Crippen LogP contribution >= 0.6 is 0 Å². The smallest absolute Gasteiger partial charge is 0.138 e. The summed E-state index contributed by atoms with van der Waals surface area (Å²) in [5, 5.41) is 3.04. The van der Waals surface area contributed by atoms with E-state index in [2.05, 4.69) is 5.32 Å². The monoisotopic (exact) mass is 165 g/mol. The molecule has 1 aromatic rings. The Balaban J connectivity index is 2.46. The lowest BCUT2D eigenvalue weighted by atomic mass is 9.98. The Hall–Kier alpha value is -0.890. The highest BCUT2D eigenvalue weighted by atomic mass is 19.1. The van der Waals surface area contributed by atoms with Crippen LogP contribution in [0.15, 0.2) is 18.2 Å². The molecule has 0 radical (unpaired) electrons. The minimum absolute atomic E-state index is 0.454. The van der Waals surface area contributed by atoms with Gasteiger partial charge >= 0.3 is 0 Å². The molecule has 2 heteroatoms. The van der Waals surface area contributed by atoms with Gasteiger partial charge in [0.1, 0.15) is 6.17 Å². The van der Waals surface area contributed by atoms with Gasteiger partial charge in [-0.3, -0.25) is 0 Å². The largest absolute Gasteiger partial charge is 0.309 e. The maximum Gasteiger partial charge on any atom is 0.138 e. The number of benzene rings is 1. The normalized spacial score (nSPS) is 22.0. The average molecular weight is 165 g/mol. The fourth-order valence-corrected chi connectivity index (χ4v) is 1.64. The predicted molar refractivity (Wildman–Crippen MR) is 46.7 cm³/mol. The van der Waals surface area contributed by atoms with Gasteiger partial charge in [0.05, 0.1) is 0 Å². The molecule has 12 heavy (non-hydrogen) atoms. The van der Waals surface area contributed by atoms with E-state index in [9.17, 15) is 4.39 Å². The third-order valence-electron chi connectivity index (χ3n) is 2.27. The van der Waals surface area contributed by atoms with Crippen molar-refractivity contribution in [3.8, 4) is 0 Å². The van der Waals surface area contributed by atoms with Gasteiger partial charge in [0.15, 0.2) is 0 Å². The molecule has 0 saturated carbocycles. The number of rotatable bonds is 0. The lowest BCUT2D eigenvalue weighted by Gasteiger charge is -2.20. The molecular formula is C10H12FN. The van der Waals surface area contributed by atoms with Gasteiger partial charge < -0.3 is 5.32 Å². The van der Waals surface area contributed by atoms with Crippen LogP contribution in [0, 0.1) is 6.92 Å². The number of alkyl halides is 1. The fraction of sp³-hybridized carbons (Fsp3) is 0.400. The summed E-state index contributed by atoms with van der Waals surface area (Å²) in [4.78, 5) is 0. The van der Waals surface area contributed by atoms with E-state index in [0.717, 1.165) is 17.7 Å². The van der Waals surface area contributed by atoms with Crippen LogP contribution in [0.4, 0.5) is 4.39 Å². The molecule has 0 amide bonds. The van der Waals surface area contributed by atoms with Crippen LogP contribution in [-0.4, -0.2) is 6.54 Å². The third-order valence-corrected chi connectivity index (χ3v) is 2.27. The second-order valence-corrected chi connectivity index (χ2v) is 3.30. The van der Waals surface area contributed by atoms with E-state index in [1.54, 1.807) is 0 Å². The lowest BCUT2D eigenvalue weighted by molar-refractivity contribution is 0.310. The van der Waals surface area contributed by atoms with Gasteiger partial charge in [-0.25, -0.2) is 4.39 Å². The van der Waals surface area contributed by atoms with Gasteiger partial charge in [-0.1, -0.05) is 23.8 Å². The minimum atomic E-state index is -0.825. The van der Waals surface area contributed by atoms with Gasteiger partial charge in [-0.2, -0.15) is 0 Å². The Morgan fingerprint density at radius 2 is 2.33 bits per heavy atom. The van der Waals surface area contributed by atoms with Gasteiger partial charge in [-0.15, -0.1) is 0 Å². The quantitative estimate of drug-likeness (QED) is 0.620. The number of fused-ring (bicyclic) bond motifs is 1. The molecule has 64 valence electrons. The standard InChI is InChI=1S/C10H12FN/c1-7-2-3-9-8(4-7)5-12-6-10(9)11/h2-4,10,12H,5-6H2,1H3. The first-order valence-corrected chi connectivity index (χ1v) is 4.21. The molecule has 1 aliphatic heterocycles. The van der Waals surface area contributed by atoms with Crippen LogP contribution in [0.3, 0.4) is 0 Å². The van der Waals surface area contributed by atoms with Gasteiger partial charge in [0.25, 0.3) is 0 Å². The van der Waals surface area contributed by atoms with Crippen molar-refractivity contribution in [2.24, 2.45) is 0 Å². The highest BCUT2D eigenvalue weighted by molar-refractivity contribution is 5.34. The molecule has 1 nitrogen and oxygen atoms in total. The number of halogens is 1. The van der Waals surface area contributed by atoms with E-state index in [1.807, 2.05) is 25.1 Å². The predicted octanol–water partition coefficient (Wildman–Crippen LogP) is 2.11. The molecule has 0 fully saturated rings. The molecule has 1 N–H and O–H groups in total. The first-order chi connectivity index (χ1) is 5.77. The number of hydrogen-bond donors (Lipinski definition) is 1. The number of nitrogens with one attached hydrogen (secondary N) is 1. The first kappa shape index (κ1) is 7.74. The van der Waals surface area contributed by atoms with E-state index in [4.69, 9.17) is 0 Å². The second-order valence-electron chi connectivity index (χ2n) is 3.30. The number of hydrogen-bond acceptors (Lipinski definition) is 1.